The highest BCUT2D eigenvalue weighted by atomic mass is 16.2. The summed E-state index contributed by atoms with van der Waals surface area (Å²) in [5, 5.41) is 3.33. The van der Waals surface area contributed by atoms with E-state index >= 15 is 0 Å². The van der Waals surface area contributed by atoms with Crippen molar-refractivity contribution in [3.8, 4) is 0 Å². The fraction of sp³-hybridized carbons (Fsp3) is 0.421. The van der Waals surface area contributed by atoms with Crippen LogP contribution in [0.25, 0.3) is 0 Å². The van der Waals surface area contributed by atoms with Crippen molar-refractivity contribution in [1.82, 2.24) is 14.9 Å². The van der Waals surface area contributed by atoms with E-state index in [9.17, 15) is 4.79 Å². The summed E-state index contributed by atoms with van der Waals surface area (Å²) in [5.41, 5.74) is 2.53. The number of hydrogen-bond donors (Lipinski definition) is 1. The number of anilines is 1. The fourth-order valence-corrected chi connectivity index (χ4v) is 3.20. The second kappa shape index (κ2) is 7.90. The Morgan fingerprint density at radius 3 is 3.04 bits per heavy atom. The number of likely N-dealkylation sites (tertiary alicyclic amines) is 1. The first-order valence-corrected chi connectivity index (χ1v) is 8.67. The van der Waals surface area contributed by atoms with Gasteiger partial charge in [-0.2, -0.15) is 0 Å². The van der Waals surface area contributed by atoms with Crippen LogP contribution in [-0.2, 0) is 6.54 Å². The maximum absolute atomic E-state index is 12.8. The van der Waals surface area contributed by atoms with E-state index in [2.05, 4.69) is 22.2 Å². The predicted octanol–water partition coefficient (Wildman–Crippen LogP) is 3.49. The van der Waals surface area contributed by atoms with Gasteiger partial charge in [-0.05, 0) is 49.4 Å². The Balaban J connectivity index is 1.69. The van der Waals surface area contributed by atoms with Gasteiger partial charge in [-0.3, -0.25) is 14.8 Å². The Morgan fingerprint density at radius 1 is 1.33 bits per heavy atom. The molecule has 1 fully saturated rings. The van der Waals surface area contributed by atoms with Gasteiger partial charge in [0.05, 0.1) is 0 Å². The van der Waals surface area contributed by atoms with E-state index in [1.165, 1.54) is 6.42 Å². The maximum Gasteiger partial charge on any atom is 0.272 e. The van der Waals surface area contributed by atoms with Gasteiger partial charge >= 0.3 is 0 Å². The molecule has 0 saturated carbocycles. The van der Waals surface area contributed by atoms with E-state index in [0.717, 1.165) is 37.1 Å². The molecule has 24 heavy (non-hydrogen) atoms. The van der Waals surface area contributed by atoms with Gasteiger partial charge < -0.3 is 10.2 Å². The Hall–Kier alpha value is -2.43. The van der Waals surface area contributed by atoms with Crippen molar-refractivity contribution in [2.24, 2.45) is 0 Å². The fourth-order valence-electron chi connectivity index (χ4n) is 3.20. The molecule has 1 aliphatic rings. The molecule has 2 aromatic heterocycles. The third-order valence-electron chi connectivity index (χ3n) is 4.56. The van der Waals surface area contributed by atoms with Crippen molar-refractivity contribution in [3.63, 3.8) is 0 Å². The third-order valence-corrected chi connectivity index (χ3v) is 4.56. The molecular formula is C19H24N4O. The van der Waals surface area contributed by atoms with Gasteiger partial charge in [-0.25, -0.2) is 0 Å². The number of nitrogens with one attached hydrogen (secondary N) is 1. The first-order valence-electron chi connectivity index (χ1n) is 8.67. The average molecular weight is 324 g/mol. The molecule has 3 heterocycles. The Morgan fingerprint density at radius 2 is 2.25 bits per heavy atom. The number of amides is 1. The van der Waals surface area contributed by atoms with Crippen molar-refractivity contribution < 1.29 is 4.79 Å². The maximum atomic E-state index is 12.8. The number of aromatic nitrogens is 2. The van der Waals surface area contributed by atoms with Crippen molar-refractivity contribution in [3.05, 3.63) is 54.1 Å². The summed E-state index contributed by atoms with van der Waals surface area (Å²) in [6.45, 7) is 3.66. The molecular weight excluding hydrogens is 300 g/mol. The molecule has 1 unspecified atom stereocenters. The summed E-state index contributed by atoms with van der Waals surface area (Å²) < 4.78 is 0. The summed E-state index contributed by atoms with van der Waals surface area (Å²) in [5.74, 6) is 0.0478. The van der Waals surface area contributed by atoms with E-state index in [1.54, 1.807) is 12.4 Å². The summed E-state index contributed by atoms with van der Waals surface area (Å²) in [6, 6.07) is 8.02. The molecule has 1 amide bonds. The molecule has 5 heteroatoms. The molecule has 1 saturated heterocycles. The highest BCUT2D eigenvalue weighted by Crippen LogP contribution is 2.22. The van der Waals surface area contributed by atoms with Crippen LogP contribution in [0.5, 0.6) is 0 Å². The van der Waals surface area contributed by atoms with Crippen LogP contribution >= 0.6 is 0 Å². The lowest BCUT2D eigenvalue weighted by atomic mass is 9.99. The van der Waals surface area contributed by atoms with E-state index in [1.807, 2.05) is 35.4 Å². The van der Waals surface area contributed by atoms with Gasteiger partial charge in [0.25, 0.3) is 5.91 Å². The molecule has 1 atom stereocenters. The van der Waals surface area contributed by atoms with Crippen molar-refractivity contribution in [2.45, 2.75) is 45.2 Å². The number of hydrogen-bond acceptors (Lipinski definition) is 4. The second-order valence-electron chi connectivity index (χ2n) is 6.20. The van der Waals surface area contributed by atoms with E-state index in [0.29, 0.717) is 18.3 Å². The minimum absolute atomic E-state index is 0.0478. The lowest BCUT2D eigenvalue weighted by molar-refractivity contribution is 0.0602. The molecule has 0 radical (unpaired) electrons. The topological polar surface area (TPSA) is 58.1 Å². The molecule has 126 valence electrons. The summed E-state index contributed by atoms with van der Waals surface area (Å²) in [4.78, 5) is 23.2. The second-order valence-corrected chi connectivity index (χ2v) is 6.20. The summed E-state index contributed by atoms with van der Waals surface area (Å²) in [7, 11) is 0. The lowest BCUT2D eigenvalue weighted by Crippen LogP contribution is -2.43. The molecule has 5 nitrogen and oxygen atoms in total. The predicted molar refractivity (Wildman–Crippen MR) is 94.8 cm³/mol. The number of carbonyl (C=O) groups is 1. The van der Waals surface area contributed by atoms with Crippen LogP contribution < -0.4 is 5.32 Å². The molecule has 2 aromatic rings. The quantitative estimate of drug-likeness (QED) is 0.914. The monoisotopic (exact) mass is 324 g/mol. The summed E-state index contributed by atoms with van der Waals surface area (Å²) in [6.07, 6.45) is 9.69. The smallest absolute Gasteiger partial charge is 0.272 e. The van der Waals surface area contributed by atoms with Crippen LogP contribution in [0.1, 0.15) is 48.7 Å². The molecule has 0 spiro atoms. The van der Waals surface area contributed by atoms with E-state index in [-0.39, 0.29) is 5.91 Å². The van der Waals surface area contributed by atoms with Crippen molar-refractivity contribution in [1.29, 1.82) is 0 Å². The van der Waals surface area contributed by atoms with Gasteiger partial charge in [-0.1, -0.05) is 13.0 Å². The van der Waals surface area contributed by atoms with Gasteiger partial charge in [0, 0.05) is 43.4 Å². The average Bonchev–Trinajstić information content (AvgIpc) is 2.67. The van der Waals surface area contributed by atoms with E-state index in [4.69, 9.17) is 0 Å². The first kappa shape index (κ1) is 16.4. The zero-order valence-electron chi connectivity index (χ0n) is 14.1. The minimum atomic E-state index is 0.0478. The van der Waals surface area contributed by atoms with Crippen LogP contribution in [0.3, 0.4) is 0 Å². The van der Waals surface area contributed by atoms with Gasteiger partial charge in [-0.15, -0.1) is 0 Å². The standard InChI is InChI=1S/C19H24N4O/c1-2-17-7-3-4-11-23(17)19(24)18-12-16(8-10-21-18)22-14-15-6-5-9-20-13-15/h5-6,8-10,12-13,17H,2-4,7,11,14H2,1H3,(H,21,22). The van der Waals surface area contributed by atoms with Crippen molar-refractivity contribution in [2.75, 3.05) is 11.9 Å². The largest absolute Gasteiger partial charge is 0.381 e. The first-order chi connectivity index (χ1) is 11.8. The van der Waals surface area contributed by atoms with Gasteiger partial charge in [0.15, 0.2) is 0 Å². The van der Waals surface area contributed by atoms with Crippen LogP contribution in [0, 0.1) is 0 Å². The Bertz CT molecular complexity index is 674. The molecule has 0 aromatic carbocycles. The van der Waals surface area contributed by atoms with Crippen LogP contribution in [0.15, 0.2) is 42.9 Å². The van der Waals surface area contributed by atoms with Gasteiger partial charge in [0.1, 0.15) is 5.69 Å². The molecule has 0 aliphatic carbocycles. The lowest BCUT2D eigenvalue weighted by Gasteiger charge is -2.35. The SMILES string of the molecule is CCC1CCCCN1C(=O)c1cc(NCc2cccnc2)ccn1. The van der Waals surface area contributed by atoms with Crippen molar-refractivity contribution >= 4 is 11.6 Å². The molecule has 0 bridgehead atoms. The Kier molecular flexibility index (Phi) is 5.41. The van der Waals surface area contributed by atoms with Gasteiger partial charge in [0.2, 0.25) is 0 Å². The number of piperidine rings is 1. The molecule has 1 aliphatic heterocycles. The van der Waals surface area contributed by atoms with Crippen LogP contribution in [0.2, 0.25) is 0 Å². The minimum Gasteiger partial charge on any atom is -0.381 e. The molecule has 3 rings (SSSR count). The Labute approximate surface area is 143 Å². The number of nitrogens with zero attached hydrogens (tertiary/aromatic N) is 3. The zero-order valence-corrected chi connectivity index (χ0v) is 14.1. The van der Waals surface area contributed by atoms with Crippen LogP contribution in [0.4, 0.5) is 5.69 Å². The normalized spacial score (nSPS) is 17.5. The highest BCUT2D eigenvalue weighted by Gasteiger charge is 2.26. The number of carbonyl (C=O) groups excluding carboxylic acids is 1. The highest BCUT2D eigenvalue weighted by molar-refractivity contribution is 5.93. The molecule has 1 N–H and O–H groups in total. The summed E-state index contributed by atoms with van der Waals surface area (Å²) >= 11 is 0. The number of pyridine rings is 2. The van der Waals surface area contributed by atoms with E-state index < -0.39 is 0 Å². The third kappa shape index (κ3) is 3.91. The zero-order chi connectivity index (χ0) is 16.8. The number of rotatable bonds is 5. The van der Waals surface area contributed by atoms with Crippen LogP contribution in [-0.4, -0.2) is 33.4 Å².